The Morgan fingerprint density at radius 1 is 1.18 bits per heavy atom. The molecule has 1 amide bonds. The molecule has 3 rings (SSSR count). The molecule has 146 valence electrons. The van der Waals surface area contributed by atoms with Gasteiger partial charge in [0.15, 0.2) is 4.80 Å². The minimum absolute atomic E-state index is 0.0622. The standard InChI is InChI=1S/C18H13F3N2O4S/c1-10-2-4-11(5-3-10)16(26)22-17-23(9-15(24)25)13-7-6-12(8-14(13)28-17)27-18(19,20)21/h2-8H,9H2,1H3,(H,24,25)/b22-17-. The molecule has 0 unspecified atom stereocenters. The van der Waals surface area contributed by atoms with Crippen LogP contribution in [-0.2, 0) is 11.3 Å². The van der Waals surface area contributed by atoms with Crippen molar-refractivity contribution in [2.45, 2.75) is 19.8 Å². The van der Waals surface area contributed by atoms with Crippen molar-refractivity contribution in [1.82, 2.24) is 4.57 Å². The molecule has 0 atom stereocenters. The first-order valence-electron chi connectivity index (χ1n) is 7.89. The zero-order valence-corrected chi connectivity index (χ0v) is 15.2. The van der Waals surface area contributed by atoms with Gasteiger partial charge in [0, 0.05) is 5.56 Å². The van der Waals surface area contributed by atoms with Gasteiger partial charge < -0.3 is 14.4 Å². The van der Waals surface area contributed by atoms with Gasteiger partial charge in [0.2, 0.25) is 0 Å². The fourth-order valence-corrected chi connectivity index (χ4v) is 3.53. The van der Waals surface area contributed by atoms with Crippen LogP contribution in [0.3, 0.4) is 0 Å². The number of amides is 1. The van der Waals surface area contributed by atoms with Crippen LogP contribution in [0.25, 0.3) is 10.2 Å². The lowest BCUT2D eigenvalue weighted by molar-refractivity contribution is -0.274. The van der Waals surface area contributed by atoms with Crippen molar-refractivity contribution in [2.75, 3.05) is 0 Å². The Morgan fingerprint density at radius 2 is 1.86 bits per heavy atom. The number of hydrogen-bond acceptors (Lipinski definition) is 4. The summed E-state index contributed by atoms with van der Waals surface area (Å²) in [6, 6.07) is 10.1. The maximum atomic E-state index is 12.4. The molecule has 0 spiro atoms. The number of carbonyl (C=O) groups is 2. The van der Waals surface area contributed by atoms with Gasteiger partial charge in [-0.2, -0.15) is 4.99 Å². The van der Waals surface area contributed by atoms with E-state index in [0.29, 0.717) is 15.8 Å². The molecule has 6 nitrogen and oxygen atoms in total. The first kappa shape index (κ1) is 19.6. The lowest BCUT2D eigenvalue weighted by atomic mass is 10.1. The third-order valence-electron chi connectivity index (χ3n) is 3.68. The number of aromatic nitrogens is 1. The number of halogens is 3. The summed E-state index contributed by atoms with van der Waals surface area (Å²) in [6.45, 7) is 1.36. The van der Waals surface area contributed by atoms with Crippen LogP contribution in [0.1, 0.15) is 15.9 Å². The van der Waals surface area contributed by atoms with E-state index in [9.17, 15) is 22.8 Å². The van der Waals surface area contributed by atoms with E-state index in [0.717, 1.165) is 29.0 Å². The summed E-state index contributed by atoms with van der Waals surface area (Å²) in [5.74, 6) is -2.21. The van der Waals surface area contributed by atoms with Crippen molar-refractivity contribution in [3.63, 3.8) is 0 Å². The van der Waals surface area contributed by atoms with Gasteiger partial charge in [-0.1, -0.05) is 29.0 Å². The monoisotopic (exact) mass is 410 g/mol. The van der Waals surface area contributed by atoms with Crippen LogP contribution in [0, 0.1) is 6.92 Å². The van der Waals surface area contributed by atoms with E-state index in [4.69, 9.17) is 5.11 Å². The number of rotatable bonds is 4. The summed E-state index contributed by atoms with van der Waals surface area (Å²) < 4.78 is 42.7. The van der Waals surface area contributed by atoms with Crippen LogP contribution in [0.4, 0.5) is 13.2 Å². The Labute approximate surface area is 160 Å². The molecule has 3 aromatic rings. The fourth-order valence-electron chi connectivity index (χ4n) is 2.47. The Balaban J connectivity index is 2.10. The Bertz CT molecular complexity index is 1110. The molecule has 10 heteroatoms. The van der Waals surface area contributed by atoms with Crippen molar-refractivity contribution >= 4 is 33.4 Å². The molecule has 1 heterocycles. The van der Waals surface area contributed by atoms with Crippen molar-refractivity contribution in [3.8, 4) is 5.75 Å². The van der Waals surface area contributed by atoms with Crippen molar-refractivity contribution in [3.05, 3.63) is 58.4 Å². The smallest absolute Gasteiger partial charge is 0.480 e. The number of aliphatic carboxylic acids is 1. The number of aryl methyl sites for hydroxylation is 1. The van der Waals surface area contributed by atoms with E-state index in [-0.39, 0.29) is 4.80 Å². The summed E-state index contributed by atoms with van der Waals surface area (Å²) in [7, 11) is 0. The summed E-state index contributed by atoms with van der Waals surface area (Å²) >= 11 is 0.897. The van der Waals surface area contributed by atoms with Gasteiger partial charge in [-0.05, 0) is 37.3 Å². The Kier molecular flexibility index (Phi) is 5.23. The SMILES string of the molecule is Cc1ccc(C(=O)/N=c2\sc3cc(OC(F)(F)F)ccc3n2CC(=O)O)cc1. The molecule has 0 radical (unpaired) electrons. The first-order chi connectivity index (χ1) is 13.1. The van der Waals surface area contributed by atoms with Gasteiger partial charge in [-0.15, -0.1) is 13.2 Å². The van der Waals surface area contributed by atoms with Crippen molar-refractivity contribution < 1.29 is 32.6 Å². The molecule has 0 aliphatic rings. The molecule has 0 fully saturated rings. The van der Waals surface area contributed by atoms with E-state index >= 15 is 0 Å². The topological polar surface area (TPSA) is 80.9 Å². The molecular weight excluding hydrogens is 397 g/mol. The molecule has 0 bridgehead atoms. The molecule has 1 N–H and O–H groups in total. The number of carboxylic acids is 1. The number of alkyl halides is 3. The second-order valence-corrected chi connectivity index (χ2v) is 6.83. The van der Waals surface area contributed by atoms with E-state index in [1.807, 2.05) is 6.92 Å². The van der Waals surface area contributed by atoms with Crippen LogP contribution in [0.15, 0.2) is 47.5 Å². The number of nitrogens with zero attached hydrogens (tertiary/aromatic N) is 2. The van der Waals surface area contributed by atoms with Crippen molar-refractivity contribution in [1.29, 1.82) is 0 Å². The molecular formula is C18H13F3N2O4S. The number of thiazole rings is 1. The Hall–Kier alpha value is -3.14. The van der Waals surface area contributed by atoms with Crippen LogP contribution >= 0.6 is 11.3 Å². The van der Waals surface area contributed by atoms with E-state index in [1.54, 1.807) is 24.3 Å². The van der Waals surface area contributed by atoms with E-state index in [2.05, 4.69) is 9.73 Å². The quantitative estimate of drug-likeness (QED) is 0.711. The highest BCUT2D eigenvalue weighted by Crippen LogP contribution is 2.28. The van der Waals surface area contributed by atoms with Gasteiger partial charge in [0.05, 0.1) is 10.2 Å². The number of carbonyl (C=O) groups excluding carboxylic acids is 1. The Morgan fingerprint density at radius 3 is 2.46 bits per heavy atom. The highest BCUT2D eigenvalue weighted by molar-refractivity contribution is 7.16. The van der Waals surface area contributed by atoms with Crippen LogP contribution in [0.2, 0.25) is 0 Å². The van der Waals surface area contributed by atoms with Gasteiger partial charge in [0.25, 0.3) is 5.91 Å². The van der Waals surface area contributed by atoms with Gasteiger partial charge in [0.1, 0.15) is 12.3 Å². The number of fused-ring (bicyclic) bond motifs is 1. The number of hydrogen-bond donors (Lipinski definition) is 1. The van der Waals surface area contributed by atoms with Gasteiger partial charge >= 0.3 is 12.3 Å². The lowest BCUT2D eigenvalue weighted by Gasteiger charge is -2.08. The molecule has 0 saturated carbocycles. The van der Waals surface area contributed by atoms with Crippen molar-refractivity contribution in [2.24, 2.45) is 4.99 Å². The summed E-state index contributed by atoms with van der Waals surface area (Å²) in [4.78, 5) is 27.6. The van der Waals surface area contributed by atoms with E-state index < -0.39 is 30.5 Å². The first-order valence-corrected chi connectivity index (χ1v) is 8.71. The predicted octanol–water partition coefficient (Wildman–Crippen LogP) is 3.74. The second-order valence-electron chi connectivity index (χ2n) is 5.82. The molecule has 1 aromatic heterocycles. The molecule has 28 heavy (non-hydrogen) atoms. The summed E-state index contributed by atoms with van der Waals surface area (Å²) in [5.41, 5.74) is 1.60. The number of carboxylic acid groups (broad SMARTS) is 1. The fraction of sp³-hybridized carbons (Fsp3) is 0.167. The number of ether oxygens (including phenoxy) is 1. The minimum atomic E-state index is -4.85. The average molecular weight is 410 g/mol. The predicted molar refractivity (Wildman–Crippen MR) is 95.2 cm³/mol. The average Bonchev–Trinajstić information content (AvgIpc) is 2.90. The maximum absolute atomic E-state index is 12.4. The van der Waals surface area contributed by atoms with E-state index in [1.165, 1.54) is 10.6 Å². The molecule has 0 aliphatic carbocycles. The number of benzene rings is 2. The third kappa shape index (κ3) is 4.58. The normalized spacial score (nSPS) is 12.4. The largest absolute Gasteiger partial charge is 0.573 e. The molecule has 0 aliphatic heterocycles. The molecule has 0 saturated heterocycles. The van der Waals surface area contributed by atoms with Crippen LogP contribution in [0.5, 0.6) is 5.75 Å². The second kappa shape index (κ2) is 7.47. The lowest BCUT2D eigenvalue weighted by Crippen LogP contribution is -2.21. The maximum Gasteiger partial charge on any atom is 0.573 e. The summed E-state index contributed by atoms with van der Waals surface area (Å²) in [6.07, 6.45) is -4.85. The molecule has 2 aromatic carbocycles. The minimum Gasteiger partial charge on any atom is -0.480 e. The van der Waals surface area contributed by atoms with Gasteiger partial charge in [-0.25, -0.2) is 0 Å². The van der Waals surface area contributed by atoms with Gasteiger partial charge in [-0.3, -0.25) is 9.59 Å². The zero-order chi connectivity index (χ0) is 20.5. The van der Waals surface area contributed by atoms with Crippen LogP contribution in [-0.4, -0.2) is 27.9 Å². The summed E-state index contributed by atoms with van der Waals surface area (Å²) in [5, 5.41) is 9.14. The van der Waals surface area contributed by atoms with Crippen LogP contribution < -0.4 is 9.54 Å². The third-order valence-corrected chi connectivity index (χ3v) is 4.72. The highest BCUT2D eigenvalue weighted by Gasteiger charge is 2.31. The zero-order valence-electron chi connectivity index (χ0n) is 14.4. The highest BCUT2D eigenvalue weighted by atomic mass is 32.1.